The first-order valence-electron chi connectivity index (χ1n) is 7.26. The van der Waals surface area contributed by atoms with Gasteiger partial charge in [-0.05, 0) is 24.8 Å². The summed E-state index contributed by atoms with van der Waals surface area (Å²) in [5.41, 5.74) is 0.944. The number of rotatable bonds is 6. The molecule has 1 amide bonds. The summed E-state index contributed by atoms with van der Waals surface area (Å²) in [6.45, 7) is 11.2. The molecule has 116 valence electrons. The van der Waals surface area contributed by atoms with Crippen LogP contribution >= 0.6 is 0 Å². The minimum atomic E-state index is -0.443. The Hall–Kier alpha value is -1.91. The maximum Gasteiger partial charge on any atom is 0.273 e. The van der Waals surface area contributed by atoms with Gasteiger partial charge in [0.2, 0.25) is 0 Å². The van der Waals surface area contributed by atoms with Gasteiger partial charge >= 0.3 is 0 Å². The predicted molar refractivity (Wildman–Crippen MR) is 83.4 cm³/mol. The van der Waals surface area contributed by atoms with Gasteiger partial charge in [0.05, 0.1) is 4.92 Å². The van der Waals surface area contributed by atoms with Crippen LogP contribution in [0.25, 0.3) is 0 Å². The van der Waals surface area contributed by atoms with Crippen LogP contribution in [0.3, 0.4) is 0 Å². The predicted octanol–water partition coefficient (Wildman–Crippen LogP) is 3.66. The van der Waals surface area contributed by atoms with Gasteiger partial charge in [-0.3, -0.25) is 14.9 Å². The van der Waals surface area contributed by atoms with Gasteiger partial charge in [-0.2, -0.15) is 0 Å². The lowest BCUT2D eigenvalue weighted by molar-refractivity contribution is -0.385. The molecule has 0 N–H and O–H groups in total. The van der Waals surface area contributed by atoms with Gasteiger partial charge in [0.1, 0.15) is 0 Å². The van der Waals surface area contributed by atoms with Crippen molar-refractivity contribution >= 4 is 11.6 Å². The molecule has 0 fully saturated rings. The largest absolute Gasteiger partial charge is 0.338 e. The average Bonchev–Trinajstić information content (AvgIpc) is 2.36. The number of nitro groups is 1. The number of benzene rings is 1. The molecule has 1 rings (SSSR count). The van der Waals surface area contributed by atoms with E-state index in [1.54, 1.807) is 24.0 Å². The minimum Gasteiger partial charge on any atom is -0.338 e. The van der Waals surface area contributed by atoms with Crippen LogP contribution in [-0.2, 0) is 0 Å². The number of amides is 1. The van der Waals surface area contributed by atoms with Gasteiger partial charge in [0.25, 0.3) is 11.6 Å². The molecule has 0 radical (unpaired) electrons. The Labute approximate surface area is 126 Å². The molecular weight excluding hydrogens is 268 g/mol. The molecule has 0 aliphatic rings. The van der Waals surface area contributed by atoms with E-state index in [1.807, 2.05) is 0 Å². The molecule has 0 aliphatic carbocycles. The summed E-state index contributed by atoms with van der Waals surface area (Å²) in [6.07, 6.45) is 0. The standard InChI is InChI=1S/C16H24N2O3/c1-11(2)9-17(10-12(3)4)16(19)14-7-6-13(5)15(8-14)18(20)21/h6-8,11-12H,9-10H2,1-5H3. The Balaban J connectivity index is 3.08. The Kier molecular flexibility index (Phi) is 5.88. The van der Waals surface area contributed by atoms with Crippen LogP contribution in [0.2, 0.25) is 0 Å². The molecule has 5 heteroatoms. The number of nitro benzene ring substituents is 1. The molecular formula is C16H24N2O3. The normalized spacial score (nSPS) is 11.0. The van der Waals surface area contributed by atoms with Gasteiger partial charge in [-0.25, -0.2) is 0 Å². The van der Waals surface area contributed by atoms with Gasteiger partial charge in [-0.15, -0.1) is 0 Å². The Morgan fingerprint density at radius 1 is 1.19 bits per heavy atom. The second kappa shape index (κ2) is 7.20. The number of carbonyl (C=O) groups excluding carboxylic acids is 1. The third kappa shape index (κ3) is 4.85. The van der Waals surface area contributed by atoms with Crippen LogP contribution in [0.4, 0.5) is 5.69 Å². The van der Waals surface area contributed by atoms with Crippen LogP contribution in [0.5, 0.6) is 0 Å². The zero-order valence-electron chi connectivity index (χ0n) is 13.4. The van der Waals surface area contributed by atoms with E-state index in [0.717, 1.165) is 0 Å². The third-order valence-electron chi connectivity index (χ3n) is 3.11. The molecule has 0 saturated heterocycles. The molecule has 0 unspecified atom stereocenters. The first kappa shape index (κ1) is 17.1. The maximum absolute atomic E-state index is 12.6. The molecule has 21 heavy (non-hydrogen) atoms. The van der Waals surface area contributed by atoms with Crippen LogP contribution < -0.4 is 0 Å². The van der Waals surface area contributed by atoms with Crippen LogP contribution in [0, 0.1) is 28.9 Å². The molecule has 0 heterocycles. The van der Waals surface area contributed by atoms with E-state index >= 15 is 0 Å². The van der Waals surface area contributed by atoms with E-state index in [1.165, 1.54) is 6.07 Å². The molecule has 1 aromatic rings. The number of nitrogens with zero attached hydrogens (tertiary/aromatic N) is 2. The third-order valence-corrected chi connectivity index (χ3v) is 3.11. The number of aryl methyl sites for hydroxylation is 1. The Morgan fingerprint density at radius 2 is 1.71 bits per heavy atom. The molecule has 0 saturated carbocycles. The van der Waals surface area contributed by atoms with E-state index in [9.17, 15) is 14.9 Å². The summed E-state index contributed by atoms with van der Waals surface area (Å²) in [5, 5.41) is 11.0. The van der Waals surface area contributed by atoms with Crippen molar-refractivity contribution in [2.24, 2.45) is 11.8 Å². The van der Waals surface area contributed by atoms with Crippen molar-refractivity contribution in [3.8, 4) is 0 Å². The van der Waals surface area contributed by atoms with Crippen molar-refractivity contribution in [1.29, 1.82) is 0 Å². The van der Waals surface area contributed by atoms with Crippen molar-refractivity contribution in [3.05, 3.63) is 39.4 Å². The molecule has 5 nitrogen and oxygen atoms in total. The van der Waals surface area contributed by atoms with Gasteiger partial charge < -0.3 is 4.90 Å². The van der Waals surface area contributed by atoms with Crippen molar-refractivity contribution in [3.63, 3.8) is 0 Å². The molecule has 1 aromatic carbocycles. The first-order chi connectivity index (χ1) is 9.72. The second-order valence-corrected chi connectivity index (χ2v) is 6.26. The highest BCUT2D eigenvalue weighted by molar-refractivity contribution is 5.95. The van der Waals surface area contributed by atoms with E-state index in [-0.39, 0.29) is 11.6 Å². The lowest BCUT2D eigenvalue weighted by Crippen LogP contribution is -2.37. The van der Waals surface area contributed by atoms with Gasteiger partial charge in [0.15, 0.2) is 0 Å². The number of hydrogen-bond acceptors (Lipinski definition) is 3. The summed E-state index contributed by atoms with van der Waals surface area (Å²) in [6, 6.07) is 4.68. The molecule has 0 bridgehead atoms. The summed E-state index contributed by atoms with van der Waals surface area (Å²) in [4.78, 5) is 24.9. The fraction of sp³-hybridized carbons (Fsp3) is 0.562. The SMILES string of the molecule is Cc1ccc(C(=O)N(CC(C)C)CC(C)C)cc1[N+](=O)[O-]. The molecule has 0 spiro atoms. The summed E-state index contributed by atoms with van der Waals surface area (Å²) in [5.74, 6) is 0.571. The first-order valence-corrected chi connectivity index (χ1v) is 7.26. The number of hydrogen-bond donors (Lipinski definition) is 0. The summed E-state index contributed by atoms with van der Waals surface area (Å²) in [7, 11) is 0. The lowest BCUT2D eigenvalue weighted by atomic mass is 10.1. The van der Waals surface area contributed by atoms with Crippen molar-refractivity contribution in [2.75, 3.05) is 13.1 Å². The molecule has 0 aromatic heterocycles. The summed E-state index contributed by atoms with van der Waals surface area (Å²) >= 11 is 0. The van der Waals surface area contributed by atoms with Crippen molar-refractivity contribution < 1.29 is 9.72 Å². The fourth-order valence-corrected chi connectivity index (χ4v) is 2.24. The number of carbonyl (C=O) groups is 1. The van der Waals surface area contributed by atoms with Crippen LogP contribution in [-0.4, -0.2) is 28.8 Å². The zero-order valence-corrected chi connectivity index (χ0v) is 13.4. The lowest BCUT2D eigenvalue weighted by Gasteiger charge is -2.26. The van der Waals surface area contributed by atoms with E-state index < -0.39 is 4.92 Å². The average molecular weight is 292 g/mol. The van der Waals surface area contributed by atoms with Gasteiger partial charge in [0, 0.05) is 30.3 Å². The monoisotopic (exact) mass is 292 g/mol. The minimum absolute atomic E-state index is 0.00473. The smallest absolute Gasteiger partial charge is 0.273 e. The van der Waals surface area contributed by atoms with Crippen molar-refractivity contribution in [1.82, 2.24) is 4.90 Å². The quantitative estimate of drug-likeness (QED) is 0.593. The van der Waals surface area contributed by atoms with Crippen molar-refractivity contribution in [2.45, 2.75) is 34.6 Å². The van der Waals surface area contributed by atoms with Gasteiger partial charge in [-0.1, -0.05) is 33.8 Å². The summed E-state index contributed by atoms with van der Waals surface area (Å²) < 4.78 is 0. The second-order valence-electron chi connectivity index (χ2n) is 6.26. The van der Waals surface area contributed by atoms with E-state index in [4.69, 9.17) is 0 Å². The van der Waals surface area contributed by atoms with E-state index in [0.29, 0.717) is 36.1 Å². The Morgan fingerprint density at radius 3 is 2.14 bits per heavy atom. The fourth-order valence-electron chi connectivity index (χ4n) is 2.24. The highest BCUT2D eigenvalue weighted by Gasteiger charge is 2.21. The van der Waals surface area contributed by atoms with E-state index in [2.05, 4.69) is 27.7 Å². The molecule has 0 atom stereocenters. The highest BCUT2D eigenvalue weighted by Crippen LogP contribution is 2.21. The highest BCUT2D eigenvalue weighted by atomic mass is 16.6. The van der Waals surface area contributed by atoms with Crippen LogP contribution in [0.15, 0.2) is 18.2 Å². The Bertz CT molecular complexity index is 514. The maximum atomic E-state index is 12.6. The molecule has 0 aliphatic heterocycles. The van der Waals surface area contributed by atoms with Crippen LogP contribution in [0.1, 0.15) is 43.6 Å². The topological polar surface area (TPSA) is 63.5 Å². The zero-order chi connectivity index (χ0) is 16.2.